The van der Waals surface area contributed by atoms with E-state index in [0.29, 0.717) is 16.5 Å². The number of hydrogen-bond donors (Lipinski definition) is 3. The highest BCUT2D eigenvalue weighted by Gasteiger charge is 2.21. The zero-order chi connectivity index (χ0) is 14.7. The van der Waals surface area contributed by atoms with Crippen molar-refractivity contribution in [3.63, 3.8) is 0 Å². The van der Waals surface area contributed by atoms with Crippen LogP contribution >= 0.6 is 35.0 Å². The molecule has 1 aliphatic rings. The van der Waals surface area contributed by atoms with Crippen LogP contribution in [0.5, 0.6) is 0 Å². The summed E-state index contributed by atoms with van der Waals surface area (Å²) in [7, 11) is -1.78. The van der Waals surface area contributed by atoms with Crippen molar-refractivity contribution in [2.45, 2.75) is 0 Å². The fraction of sp³-hybridized carbons (Fsp3) is 0.100. The van der Waals surface area contributed by atoms with E-state index in [4.69, 9.17) is 23.2 Å². The Morgan fingerprint density at radius 3 is 2.75 bits per heavy atom. The Morgan fingerprint density at radius 1 is 1.40 bits per heavy atom. The van der Waals surface area contributed by atoms with Gasteiger partial charge in [-0.2, -0.15) is 5.10 Å². The zero-order valence-electron chi connectivity index (χ0n) is 9.88. The Morgan fingerprint density at radius 2 is 2.15 bits per heavy atom. The Kier molecular flexibility index (Phi) is 5.06. The number of carbonyl (C=O) groups excluding carboxylic acids is 1. The first kappa shape index (κ1) is 15.3. The predicted molar refractivity (Wildman–Crippen MR) is 81.9 cm³/mol. The van der Waals surface area contributed by atoms with Gasteiger partial charge in [-0.25, -0.2) is 0 Å². The standard InChI is InChI=1S/C10H8BCl2N3O3S/c12-6-2-1-5(9(13)8(6)11(18)19)3-14-16-10-15-7(17)4-20-10/h1-3,18-19H,4H2,(H,15,16,17). The van der Waals surface area contributed by atoms with Gasteiger partial charge in [0.05, 0.1) is 17.0 Å². The lowest BCUT2D eigenvalue weighted by Crippen LogP contribution is -2.32. The molecule has 1 fully saturated rings. The van der Waals surface area contributed by atoms with Crippen molar-refractivity contribution in [2.24, 2.45) is 10.2 Å². The normalized spacial score (nSPS) is 17.0. The summed E-state index contributed by atoms with van der Waals surface area (Å²) in [4.78, 5) is 10.9. The van der Waals surface area contributed by atoms with Gasteiger partial charge >= 0.3 is 7.12 Å². The number of thioether (sulfide) groups is 1. The molecule has 1 heterocycles. The maximum Gasteiger partial charge on any atom is 0.491 e. The molecule has 1 amide bonds. The van der Waals surface area contributed by atoms with Gasteiger partial charge in [0.1, 0.15) is 0 Å². The molecule has 1 saturated heterocycles. The minimum absolute atomic E-state index is 0.00785. The molecule has 10 heteroatoms. The van der Waals surface area contributed by atoms with Gasteiger partial charge < -0.3 is 15.4 Å². The Labute approximate surface area is 129 Å². The molecule has 0 radical (unpaired) electrons. The van der Waals surface area contributed by atoms with Crippen LogP contribution in [-0.4, -0.2) is 40.2 Å². The zero-order valence-corrected chi connectivity index (χ0v) is 12.2. The third-order valence-electron chi connectivity index (χ3n) is 2.35. The van der Waals surface area contributed by atoms with E-state index in [0.717, 1.165) is 0 Å². The maximum absolute atomic E-state index is 10.9. The SMILES string of the molecule is O=C1CSC(=NN=Cc2ccc(Cl)c(B(O)O)c2Cl)N1. The number of amidine groups is 1. The summed E-state index contributed by atoms with van der Waals surface area (Å²) in [5.41, 5.74) is 0.436. The molecule has 0 saturated carbocycles. The monoisotopic (exact) mass is 331 g/mol. The quantitative estimate of drug-likeness (QED) is 0.420. The Hall–Kier alpha value is -1.06. The van der Waals surface area contributed by atoms with Crippen LogP contribution in [0.15, 0.2) is 22.3 Å². The van der Waals surface area contributed by atoms with Crippen LogP contribution in [0.3, 0.4) is 0 Å². The van der Waals surface area contributed by atoms with Crippen LogP contribution < -0.4 is 10.8 Å². The number of rotatable bonds is 3. The molecule has 0 bridgehead atoms. The van der Waals surface area contributed by atoms with Crippen molar-refractivity contribution in [3.8, 4) is 0 Å². The van der Waals surface area contributed by atoms with E-state index in [1.165, 1.54) is 24.0 Å². The van der Waals surface area contributed by atoms with Crippen LogP contribution in [0.1, 0.15) is 5.56 Å². The van der Waals surface area contributed by atoms with Gasteiger partial charge in [-0.15, -0.1) is 5.10 Å². The minimum Gasteiger partial charge on any atom is -0.423 e. The number of benzene rings is 1. The Balaban J connectivity index is 2.22. The van der Waals surface area contributed by atoms with Crippen LogP contribution in [0.4, 0.5) is 0 Å². The number of halogens is 2. The van der Waals surface area contributed by atoms with Crippen molar-refractivity contribution in [2.75, 3.05) is 5.75 Å². The van der Waals surface area contributed by atoms with Gasteiger partial charge in [0.2, 0.25) is 5.91 Å². The molecule has 20 heavy (non-hydrogen) atoms. The lowest BCUT2D eigenvalue weighted by atomic mass is 9.79. The van der Waals surface area contributed by atoms with E-state index < -0.39 is 7.12 Å². The average Bonchev–Trinajstić information content (AvgIpc) is 2.77. The van der Waals surface area contributed by atoms with E-state index in [2.05, 4.69) is 15.5 Å². The molecule has 6 nitrogen and oxygen atoms in total. The first-order valence-corrected chi connectivity index (χ1v) is 7.11. The molecular formula is C10H8BCl2N3O3S. The highest BCUT2D eigenvalue weighted by Crippen LogP contribution is 2.18. The first-order chi connectivity index (χ1) is 9.49. The fourth-order valence-electron chi connectivity index (χ4n) is 1.45. The van der Waals surface area contributed by atoms with Crippen LogP contribution in [-0.2, 0) is 4.79 Å². The molecule has 1 aliphatic heterocycles. The number of nitrogens with one attached hydrogen (secondary N) is 1. The molecular weight excluding hydrogens is 324 g/mol. The largest absolute Gasteiger partial charge is 0.491 e. The number of hydrogen-bond acceptors (Lipinski definition) is 6. The smallest absolute Gasteiger partial charge is 0.423 e. The van der Waals surface area contributed by atoms with E-state index in [1.54, 1.807) is 6.07 Å². The highest BCUT2D eigenvalue weighted by atomic mass is 35.5. The minimum atomic E-state index is -1.78. The molecule has 0 aromatic heterocycles. The van der Waals surface area contributed by atoms with Gasteiger partial charge in [-0.3, -0.25) is 4.79 Å². The molecule has 0 unspecified atom stereocenters. The summed E-state index contributed by atoms with van der Waals surface area (Å²) in [5.74, 6) is 0.191. The van der Waals surface area contributed by atoms with E-state index in [9.17, 15) is 14.8 Å². The van der Waals surface area contributed by atoms with Gasteiger partial charge in [-0.05, 0) is 6.07 Å². The summed E-state index contributed by atoms with van der Waals surface area (Å²) >= 11 is 13.1. The third-order valence-corrected chi connectivity index (χ3v) is 3.96. The molecule has 0 spiro atoms. The lowest BCUT2D eigenvalue weighted by molar-refractivity contribution is -0.116. The average molecular weight is 332 g/mol. The fourth-order valence-corrected chi connectivity index (χ4v) is 2.69. The summed E-state index contributed by atoms with van der Waals surface area (Å²) in [6, 6.07) is 3.05. The van der Waals surface area contributed by atoms with E-state index in [1.807, 2.05) is 0 Å². The molecule has 1 aromatic carbocycles. The second-order valence-electron chi connectivity index (χ2n) is 3.72. The Bertz CT molecular complexity index is 610. The van der Waals surface area contributed by atoms with Crippen molar-refractivity contribution in [3.05, 3.63) is 27.7 Å². The van der Waals surface area contributed by atoms with Crippen molar-refractivity contribution < 1.29 is 14.8 Å². The highest BCUT2D eigenvalue weighted by molar-refractivity contribution is 8.15. The van der Waals surface area contributed by atoms with Gasteiger partial charge in [0, 0.05) is 16.0 Å². The van der Waals surface area contributed by atoms with E-state index >= 15 is 0 Å². The molecule has 0 atom stereocenters. The second kappa shape index (κ2) is 6.60. The summed E-state index contributed by atoms with van der Waals surface area (Å²) in [5, 5.41) is 29.1. The topological polar surface area (TPSA) is 94.3 Å². The molecule has 2 rings (SSSR count). The molecule has 3 N–H and O–H groups in total. The summed E-state index contributed by atoms with van der Waals surface area (Å²) < 4.78 is 0. The summed E-state index contributed by atoms with van der Waals surface area (Å²) in [6.07, 6.45) is 1.34. The van der Waals surface area contributed by atoms with Crippen molar-refractivity contribution in [1.29, 1.82) is 0 Å². The van der Waals surface area contributed by atoms with Crippen LogP contribution in [0.2, 0.25) is 10.0 Å². The van der Waals surface area contributed by atoms with Crippen LogP contribution in [0.25, 0.3) is 0 Å². The summed E-state index contributed by atoms with van der Waals surface area (Å²) in [6.45, 7) is 0. The second-order valence-corrected chi connectivity index (χ2v) is 5.47. The van der Waals surface area contributed by atoms with Crippen molar-refractivity contribution in [1.82, 2.24) is 5.32 Å². The van der Waals surface area contributed by atoms with E-state index in [-0.39, 0.29) is 21.4 Å². The molecule has 1 aromatic rings. The maximum atomic E-state index is 10.9. The van der Waals surface area contributed by atoms with Gasteiger partial charge in [-0.1, -0.05) is 41.0 Å². The first-order valence-electron chi connectivity index (χ1n) is 5.36. The van der Waals surface area contributed by atoms with Crippen LogP contribution in [0, 0.1) is 0 Å². The number of nitrogens with zero attached hydrogens (tertiary/aromatic N) is 2. The number of amides is 1. The third kappa shape index (κ3) is 3.53. The molecule has 104 valence electrons. The number of carbonyl (C=O) groups is 1. The van der Waals surface area contributed by atoms with Gasteiger partial charge in [0.25, 0.3) is 0 Å². The van der Waals surface area contributed by atoms with Gasteiger partial charge in [0.15, 0.2) is 5.17 Å². The van der Waals surface area contributed by atoms with Crippen molar-refractivity contribution >= 4 is 64.8 Å². The predicted octanol–water partition coefficient (Wildman–Crippen LogP) is 0.226. The molecule has 0 aliphatic carbocycles. The lowest BCUT2D eigenvalue weighted by Gasteiger charge is -2.07.